The van der Waals surface area contributed by atoms with Crippen LogP contribution in [-0.4, -0.2) is 68.9 Å². The summed E-state index contributed by atoms with van der Waals surface area (Å²) in [6, 6.07) is 4.39. The van der Waals surface area contributed by atoms with Crippen LogP contribution in [0.3, 0.4) is 0 Å². The smallest absolute Gasteiger partial charge is 0.248 e. The third-order valence-corrected chi connectivity index (χ3v) is 8.91. The lowest BCUT2D eigenvalue weighted by atomic mass is 10.0. The summed E-state index contributed by atoms with van der Waals surface area (Å²) in [6.45, 7) is 5.39. The summed E-state index contributed by atoms with van der Waals surface area (Å²) in [6.07, 6.45) is 4.96. The number of nitrogens with zero attached hydrogens (tertiary/aromatic N) is 1. The lowest BCUT2D eigenvalue weighted by Gasteiger charge is -2.39. The Balaban J connectivity index is 1.71. The van der Waals surface area contributed by atoms with E-state index in [2.05, 4.69) is 20.8 Å². The van der Waals surface area contributed by atoms with Crippen LogP contribution in [0.1, 0.15) is 51.5 Å². The molecule has 2 aliphatic rings. The van der Waals surface area contributed by atoms with E-state index in [1.165, 1.54) is 11.1 Å². The summed E-state index contributed by atoms with van der Waals surface area (Å²) < 4.78 is 29.0. The minimum Gasteiger partial charge on any atom is -0.330 e. The lowest BCUT2D eigenvalue weighted by molar-refractivity contribution is -0.149. The quantitative estimate of drug-likeness (QED) is 0.265. The van der Waals surface area contributed by atoms with Gasteiger partial charge in [0.25, 0.3) is 0 Å². The Bertz CT molecular complexity index is 1020. The number of nitrogens with one attached hydrogen (secondary N) is 4. The second kappa shape index (κ2) is 13.2. The fourth-order valence-electron chi connectivity index (χ4n) is 4.75. The van der Waals surface area contributed by atoms with Crippen molar-refractivity contribution in [3.05, 3.63) is 23.8 Å². The first-order valence-electron chi connectivity index (χ1n) is 12.8. The zero-order valence-corrected chi connectivity index (χ0v) is 22.6. The monoisotopic (exact) mass is 542 g/mol. The highest BCUT2D eigenvalue weighted by molar-refractivity contribution is 7.89. The van der Waals surface area contributed by atoms with Gasteiger partial charge in [0.2, 0.25) is 21.8 Å². The normalized spacial score (nSPS) is 23.9. The molecule has 6 N–H and O–H groups in total. The topological polar surface area (TPSA) is 146 Å². The van der Waals surface area contributed by atoms with Crippen LogP contribution in [0.4, 0.5) is 5.69 Å². The van der Waals surface area contributed by atoms with Crippen LogP contribution in [0.25, 0.3) is 0 Å². The number of carbonyl (C=O) groups excluding carboxylic acids is 2. The number of hydrogen-bond donors (Lipinski definition) is 5. The lowest BCUT2D eigenvalue weighted by Crippen LogP contribution is -2.63. The highest BCUT2D eigenvalue weighted by atomic mass is 35.5. The van der Waals surface area contributed by atoms with Gasteiger partial charge in [-0.05, 0) is 56.3 Å². The number of carbonyl (C=O) groups is 2. The SMILES string of the molecule is CCc1ccc(NC(=O)[C@H](CC)N2NCC(Cl)C(CN)C2=O)cc1S(=O)(=O)NCCC1CCCCN1. The Morgan fingerprint density at radius 1 is 1.31 bits per heavy atom. The summed E-state index contributed by atoms with van der Waals surface area (Å²) in [7, 11) is -3.77. The number of halogens is 1. The van der Waals surface area contributed by atoms with Crippen LogP contribution in [0, 0.1) is 5.92 Å². The first-order valence-corrected chi connectivity index (χ1v) is 14.7. The molecule has 1 aromatic rings. The van der Waals surface area contributed by atoms with Gasteiger partial charge in [-0.1, -0.05) is 26.3 Å². The Morgan fingerprint density at radius 2 is 2.08 bits per heavy atom. The van der Waals surface area contributed by atoms with Crippen molar-refractivity contribution in [2.45, 2.75) is 74.7 Å². The van der Waals surface area contributed by atoms with Crippen molar-refractivity contribution in [1.82, 2.24) is 20.5 Å². The average Bonchev–Trinajstić information content (AvgIpc) is 2.86. The Morgan fingerprint density at radius 3 is 2.72 bits per heavy atom. The number of anilines is 1. The van der Waals surface area contributed by atoms with Gasteiger partial charge >= 0.3 is 0 Å². The molecule has 202 valence electrons. The van der Waals surface area contributed by atoms with E-state index in [0.29, 0.717) is 43.2 Å². The molecule has 4 atom stereocenters. The molecule has 3 unspecified atom stereocenters. The molecule has 2 amide bonds. The van der Waals surface area contributed by atoms with Crippen LogP contribution in [-0.2, 0) is 26.0 Å². The third-order valence-electron chi connectivity index (χ3n) is 6.91. The third kappa shape index (κ3) is 6.96. The van der Waals surface area contributed by atoms with Crippen molar-refractivity contribution >= 4 is 39.1 Å². The van der Waals surface area contributed by atoms with E-state index in [4.69, 9.17) is 17.3 Å². The average molecular weight is 543 g/mol. The second-order valence-corrected chi connectivity index (χ2v) is 11.6. The van der Waals surface area contributed by atoms with Crippen LogP contribution in [0.15, 0.2) is 23.1 Å². The number of amides is 2. The van der Waals surface area contributed by atoms with Gasteiger partial charge in [0.15, 0.2) is 0 Å². The molecule has 0 saturated carbocycles. The molecular weight excluding hydrogens is 504 g/mol. The molecule has 2 saturated heterocycles. The van der Waals surface area contributed by atoms with Crippen molar-refractivity contribution in [3.8, 4) is 0 Å². The number of hydrogen-bond acceptors (Lipinski definition) is 7. The van der Waals surface area contributed by atoms with Gasteiger partial charge in [0, 0.05) is 31.4 Å². The number of sulfonamides is 1. The zero-order chi connectivity index (χ0) is 26.3. The van der Waals surface area contributed by atoms with Gasteiger partial charge < -0.3 is 16.4 Å². The van der Waals surface area contributed by atoms with Gasteiger partial charge in [0.05, 0.1) is 16.2 Å². The fraction of sp³-hybridized carbons (Fsp3) is 0.667. The Hall–Kier alpha value is -1.76. The summed E-state index contributed by atoms with van der Waals surface area (Å²) >= 11 is 6.21. The maximum Gasteiger partial charge on any atom is 0.248 e. The molecule has 0 spiro atoms. The first-order chi connectivity index (χ1) is 17.2. The molecule has 2 fully saturated rings. The minimum atomic E-state index is -3.77. The second-order valence-electron chi connectivity index (χ2n) is 9.35. The van der Waals surface area contributed by atoms with Gasteiger partial charge in [-0.25, -0.2) is 18.6 Å². The highest BCUT2D eigenvalue weighted by Crippen LogP contribution is 2.24. The molecule has 1 aromatic carbocycles. The fourth-order valence-corrected chi connectivity index (χ4v) is 6.41. The van der Waals surface area contributed by atoms with Crippen LogP contribution < -0.4 is 26.5 Å². The molecule has 12 heteroatoms. The molecule has 2 aliphatic heterocycles. The number of alkyl halides is 1. The molecular formula is C24H39ClN6O4S. The van der Waals surface area contributed by atoms with E-state index in [9.17, 15) is 18.0 Å². The number of nitrogens with two attached hydrogens (primary N) is 1. The summed E-state index contributed by atoms with van der Waals surface area (Å²) in [5.74, 6) is -1.33. The van der Waals surface area contributed by atoms with E-state index < -0.39 is 33.3 Å². The molecule has 3 rings (SSSR count). The summed E-state index contributed by atoms with van der Waals surface area (Å²) in [5.41, 5.74) is 9.66. The largest absolute Gasteiger partial charge is 0.330 e. The Kier molecular flexibility index (Phi) is 10.5. The van der Waals surface area contributed by atoms with Crippen LogP contribution in [0.5, 0.6) is 0 Å². The number of benzene rings is 1. The number of hydrazine groups is 1. The predicted molar refractivity (Wildman–Crippen MR) is 141 cm³/mol. The molecule has 0 aliphatic carbocycles. The van der Waals surface area contributed by atoms with Crippen molar-refractivity contribution in [3.63, 3.8) is 0 Å². The van der Waals surface area contributed by atoms with Crippen molar-refractivity contribution in [2.24, 2.45) is 11.7 Å². The minimum absolute atomic E-state index is 0.0900. The highest BCUT2D eigenvalue weighted by Gasteiger charge is 2.39. The number of rotatable bonds is 11. The summed E-state index contributed by atoms with van der Waals surface area (Å²) in [4.78, 5) is 26.1. The van der Waals surface area contributed by atoms with Crippen LogP contribution in [0.2, 0.25) is 0 Å². The van der Waals surface area contributed by atoms with Gasteiger partial charge in [-0.3, -0.25) is 14.6 Å². The summed E-state index contributed by atoms with van der Waals surface area (Å²) in [5, 5.41) is 7.06. The molecule has 0 aromatic heterocycles. The predicted octanol–water partition coefficient (Wildman–Crippen LogP) is 1.31. The molecule has 0 radical (unpaired) electrons. The molecule has 2 heterocycles. The van der Waals surface area contributed by atoms with Crippen molar-refractivity contribution < 1.29 is 18.0 Å². The molecule has 10 nitrogen and oxygen atoms in total. The molecule has 0 bridgehead atoms. The molecule has 36 heavy (non-hydrogen) atoms. The van der Waals surface area contributed by atoms with Gasteiger partial charge in [-0.2, -0.15) is 0 Å². The van der Waals surface area contributed by atoms with E-state index in [0.717, 1.165) is 32.2 Å². The Labute approximate surface area is 219 Å². The van der Waals surface area contributed by atoms with E-state index in [-0.39, 0.29) is 17.3 Å². The van der Waals surface area contributed by atoms with Crippen LogP contribution >= 0.6 is 11.6 Å². The maximum absolute atomic E-state index is 13.1. The van der Waals surface area contributed by atoms with E-state index in [1.54, 1.807) is 19.1 Å². The number of piperidine rings is 1. The first kappa shape index (κ1) is 28.8. The van der Waals surface area contributed by atoms with Gasteiger partial charge in [-0.15, -0.1) is 11.6 Å². The van der Waals surface area contributed by atoms with Crippen molar-refractivity contribution in [1.29, 1.82) is 0 Å². The standard InChI is InChI=1S/C24H39ClN6O4S/c1-3-16-8-9-18(13-22(16)36(34,35)29-12-10-17-7-5-6-11-27-17)30-23(32)21(4-2)31-24(33)19(14-26)20(25)15-28-31/h8-9,13,17,19-21,27-29H,3-7,10-12,14-15,26H2,1-2H3,(H,30,32)/t17?,19?,20?,21-/m0/s1. The number of aryl methyl sites for hydroxylation is 1. The van der Waals surface area contributed by atoms with Crippen molar-refractivity contribution in [2.75, 3.05) is 31.5 Å². The maximum atomic E-state index is 13.1. The van der Waals surface area contributed by atoms with E-state index >= 15 is 0 Å². The van der Waals surface area contributed by atoms with E-state index in [1.807, 2.05) is 6.92 Å². The zero-order valence-electron chi connectivity index (χ0n) is 21.1. The van der Waals surface area contributed by atoms with Gasteiger partial charge in [0.1, 0.15) is 6.04 Å².